The second kappa shape index (κ2) is 13.1. The van der Waals surface area contributed by atoms with Gasteiger partial charge in [0.1, 0.15) is 5.82 Å². The number of hydrogen-bond donors (Lipinski definition) is 2. The maximum atomic E-state index is 12.4. The van der Waals surface area contributed by atoms with Gasteiger partial charge >= 0.3 is 5.69 Å². The van der Waals surface area contributed by atoms with E-state index in [1.165, 1.54) is 5.56 Å². The molecule has 0 saturated carbocycles. The van der Waals surface area contributed by atoms with Crippen molar-refractivity contribution in [3.8, 4) is 0 Å². The Balaban J connectivity index is 0.00000306. The first-order valence-electron chi connectivity index (χ1n) is 12.2. The molecule has 0 unspecified atom stereocenters. The first-order chi connectivity index (χ1) is 15.7. The number of halogens is 1. The molecule has 33 heavy (non-hydrogen) atoms. The quantitative estimate of drug-likeness (QED) is 0.222. The highest BCUT2D eigenvalue weighted by atomic mass is 127. The van der Waals surface area contributed by atoms with Crippen LogP contribution in [0.1, 0.15) is 50.4 Å². The van der Waals surface area contributed by atoms with Gasteiger partial charge in [-0.3, -0.25) is 14.5 Å². The number of hydrogen-bond acceptors (Lipinski definition) is 4. The average Bonchev–Trinajstić information content (AvgIpc) is 3.14. The predicted octanol–water partition coefficient (Wildman–Crippen LogP) is 2.61. The van der Waals surface area contributed by atoms with Crippen LogP contribution < -0.4 is 16.3 Å². The number of rotatable bonds is 8. The van der Waals surface area contributed by atoms with Crippen LogP contribution in [0.25, 0.3) is 0 Å². The third-order valence-electron chi connectivity index (χ3n) is 6.35. The molecule has 0 radical (unpaired) electrons. The van der Waals surface area contributed by atoms with E-state index in [9.17, 15) is 4.79 Å². The summed E-state index contributed by atoms with van der Waals surface area (Å²) in [5, 5.41) is 11.5. The summed E-state index contributed by atoms with van der Waals surface area (Å²) in [6.45, 7) is 8.26. The van der Waals surface area contributed by atoms with Crippen LogP contribution in [0.4, 0.5) is 0 Å². The number of nitrogens with zero attached hydrogens (tertiary/aromatic N) is 5. The number of nitrogens with one attached hydrogen (secondary N) is 2. The SMILES string of the molecule is CCNC(=NCCCn1nc2n(c1=O)CCCC2)NC1CCN(Cc2ccccc2)CC1.I. The van der Waals surface area contributed by atoms with Crippen LogP contribution in [0, 0.1) is 0 Å². The van der Waals surface area contributed by atoms with Gasteiger partial charge < -0.3 is 10.6 Å². The van der Waals surface area contributed by atoms with Gasteiger partial charge in [-0.05, 0) is 44.6 Å². The lowest BCUT2D eigenvalue weighted by Crippen LogP contribution is -2.48. The number of guanidine groups is 1. The molecule has 1 saturated heterocycles. The lowest BCUT2D eigenvalue weighted by molar-refractivity contribution is 0.198. The molecular formula is C24H38IN7O. The molecule has 2 aliphatic rings. The van der Waals surface area contributed by atoms with E-state index in [0.717, 1.165) is 83.0 Å². The van der Waals surface area contributed by atoms with Gasteiger partial charge in [-0.2, -0.15) is 5.10 Å². The summed E-state index contributed by atoms with van der Waals surface area (Å²) >= 11 is 0. The summed E-state index contributed by atoms with van der Waals surface area (Å²) in [4.78, 5) is 19.7. The van der Waals surface area contributed by atoms with Crippen molar-refractivity contribution in [3.63, 3.8) is 0 Å². The van der Waals surface area contributed by atoms with Crippen molar-refractivity contribution in [1.29, 1.82) is 0 Å². The van der Waals surface area contributed by atoms with E-state index in [2.05, 4.69) is 57.9 Å². The van der Waals surface area contributed by atoms with Gasteiger partial charge in [0.2, 0.25) is 0 Å². The third-order valence-corrected chi connectivity index (χ3v) is 6.35. The molecule has 182 valence electrons. The van der Waals surface area contributed by atoms with Crippen molar-refractivity contribution in [2.24, 2.45) is 4.99 Å². The molecule has 2 aliphatic heterocycles. The summed E-state index contributed by atoms with van der Waals surface area (Å²) in [5.74, 6) is 1.82. The fourth-order valence-electron chi connectivity index (χ4n) is 4.60. The van der Waals surface area contributed by atoms with Crippen molar-refractivity contribution >= 4 is 29.9 Å². The highest BCUT2D eigenvalue weighted by molar-refractivity contribution is 14.0. The second-order valence-electron chi connectivity index (χ2n) is 8.83. The standard InChI is InChI=1S/C24H37N7O.HI/c1-2-25-23(26-14-8-16-31-24(32)30-15-7-6-11-22(30)28-31)27-21-12-17-29(18-13-21)19-20-9-4-3-5-10-20;/h3-5,9-10,21H,2,6-8,11-19H2,1H3,(H2,25,26,27);1H. The lowest BCUT2D eigenvalue weighted by atomic mass is 10.0. The molecule has 0 bridgehead atoms. The minimum Gasteiger partial charge on any atom is -0.357 e. The van der Waals surface area contributed by atoms with E-state index in [4.69, 9.17) is 4.99 Å². The molecule has 3 heterocycles. The molecule has 4 rings (SSSR count). The average molecular weight is 568 g/mol. The van der Waals surface area contributed by atoms with E-state index < -0.39 is 0 Å². The van der Waals surface area contributed by atoms with E-state index in [1.807, 2.05) is 4.57 Å². The Labute approximate surface area is 213 Å². The van der Waals surface area contributed by atoms with Gasteiger partial charge in [-0.15, -0.1) is 24.0 Å². The van der Waals surface area contributed by atoms with Gasteiger partial charge in [-0.25, -0.2) is 9.48 Å². The number of aliphatic imine (C=N–C) groups is 1. The molecule has 8 nitrogen and oxygen atoms in total. The van der Waals surface area contributed by atoms with Crippen LogP contribution >= 0.6 is 24.0 Å². The first-order valence-corrected chi connectivity index (χ1v) is 12.2. The number of aryl methyl sites for hydroxylation is 2. The van der Waals surface area contributed by atoms with Crippen LogP contribution in [-0.4, -0.2) is 57.4 Å². The lowest BCUT2D eigenvalue weighted by Gasteiger charge is -2.33. The third kappa shape index (κ3) is 7.30. The molecule has 1 aromatic heterocycles. The van der Waals surface area contributed by atoms with Crippen molar-refractivity contribution in [1.82, 2.24) is 29.9 Å². The summed E-state index contributed by atoms with van der Waals surface area (Å²) < 4.78 is 3.46. The Hall–Kier alpha value is -1.88. The number of piperidine rings is 1. The molecule has 1 aromatic carbocycles. The molecule has 2 aromatic rings. The highest BCUT2D eigenvalue weighted by Crippen LogP contribution is 2.14. The molecule has 2 N–H and O–H groups in total. The van der Waals surface area contributed by atoms with E-state index in [0.29, 0.717) is 19.1 Å². The molecule has 0 atom stereocenters. The molecule has 9 heteroatoms. The monoisotopic (exact) mass is 567 g/mol. The Morgan fingerprint density at radius 2 is 1.94 bits per heavy atom. The summed E-state index contributed by atoms with van der Waals surface area (Å²) in [6.07, 6.45) is 6.16. The first kappa shape index (κ1) is 25.7. The van der Waals surface area contributed by atoms with Crippen molar-refractivity contribution in [2.45, 2.75) is 71.1 Å². The van der Waals surface area contributed by atoms with Gasteiger partial charge in [0, 0.05) is 58.3 Å². The Kier molecular flexibility index (Phi) is 10.2. The Morgan fingerprint density at radius 3 is 2.67 bits per heavy atom. The van der Waals surface area contributed by atoms with Crippen molar-refractivity contribution in [2.75, 3.05) is 26.2 Å². The van der Waals surface area contributed by atoms with Crippen molar-refractivity contribution in [3.05, 3.63) is 52.2 Å². The van der Waals surface area contributed by atoms with Gasteiger partial charge in [0.25, 0.3) is 0 Å². The molecule has 0 spiro atoms. The number of fused-ring (bicyclic) bond motifs is 1. The number of aromatic nitrogens is 3. The van der Waals surface area contributed by atoms with Crippen LogP contribution in [0.2, 0.25) is 0 Å². The second-order valence-corrected chi connectivity index (χ2v) is 8.83. The van der Waals surface area contributed by atoms with E-state index >= 15 is 0 Å². The summed E-state index contributed by atoms with van der Waals surface area (Å²) in [7, 11) is 0. The van der Waals surface area contributed by atoms with Crippen LogP contribution in [0.5, 0.6) is 0 Å². The van der Waals surface area contributed by atoms with E-state index in [1.54, 1.807) is 4.68 Å². The Morgan fingerprint density at radius 1 is 1.15 bits per heavy atom. The molecule has 0 aliphatic carbocycles. The molecule has 1 fully saturated rings. The van der Waals surface area contributed by atoms with E-state index in [-0.39, 0.29) is 29.7 Å². The summed E-state index contributed by atoms with van der Waals surface area (Å²) in [5.41, 5.74) is 1.42. The molecular weight excluding hydrogens is 529 g/mol. The maximum absolute atomic E-state index is 12.4. The fraction of sp³-hybridized carbons (Fsp3) is 0.625. The van der Waals surface area contributed by atoms with Crippen LogP contribution in [-0.2, 0) is 26.1 Å². The number of likely N-dealkylation sites (tertiary alicyclic amines) is 1. The normalized spacial score (nSPS) is 17.3. The zero-order chi connectivity index (χ0) is 22.2. The highest BCUT2D eigenvalue weighted by Gasteiger charge is 2.20. The maximum Gasteiger partial charge on any atom is 0.345 e. The Bertz CT molecular complexity index is 932. The van der Waals surface area contributed by atoms with Crippen molar-refractivity contribution < 1.29 is 0 Å². The van der Waals surface area contributed by atoms with Gasteiger partial charge in [-0.1, -0.05) is 30.3 Å². The van der Waals surface area contributed by atoms with Crippen LogP contribution in [0.3, 0.4) is 0 Å². The van der Waals surface area contributed by atoms with Gasteiger partial charge in [0.05, 0.1) is 0 Å². The predicted molar refractivity (Wildman–Crippen MR) is 143 cm³/mol. The van der Waals surface area contributed by atoms with Crippen LogP contribution in [0.15, 0.2) is 40.1 Å². The smallest absolute Gasteiger partial charge is 0.345 e. The zero-order valence-electron chi connectivity index (χ0n) is 19.7. The zero-order valence-corrected chi connectivity index (χ0v) is 22.0. The summed E-state index contributed by atoms with van der Waals surface area (Å²) in [6, 6.07) is 11.1. The largest absolute Gasteiger partial charge is 0.357 e. The molecule has 0 amide bonds. The fourth-order valence-corrected chi connectivity index (χ4v) is 4.60. The van der Waals surface area contributed by atoms with Gasteiger partial charge in [0.15, 0.2) is 5.96 Å². The minimum absolute atomic E-state index is 0. The minimum atomic E-state index is 0. The topological polar surface area (TPSA) is 79.5 Å². The number of benzene rings is 1.